The molecule has 0 heterocycles. The second-order valence-corrected chi connectivity index (χ2v) is 14.7. The van der Waals surface area contributed by atoms with Crippen LogP contribution in [0.5, 0.6) is 0 Å². The van der Waals surface area contributed by atoms with Gasteiger partial charge in [0, 0.05) is 38.1 Å². The van der Waals surface area contributed by atoms with Gasteiger partial charge in [-0.25, -0.2) is 4.79 Å². The summed E-state index contributed by atoms with van der Waals surface area (Å²) < 4.78 is 0. The molecule has 0 saturated heterocycles. The van der Waals surface area contributed by atoms with Gasteiger partial charge in [-0.05, 0) is 139 Å². The summed E-state index contributed by atoms with van der Waals surface area (Å²) in [6, 6.07) is 0.467. The molecule has 0 aliphatic heterocycles. The summed E-state index contributed by atoms with van der Waals surface area (Å²) in [5.41, 5.74) is 0.689. The van der Waals surface area contributed by atoms with Gasteiger partial charge in [-0.15, -0.1) is 0 Å². The molecule has 0 bridgehead atoms. The number of carbonyl (C=O) groups is 2. The van der Waals surface area contributed by atoms with Crippen LogP contribution in [0, 0.1) is 46.3 Å². The molecule has 4 rings (SSSR count). The van der Waals surface area contributed by atoms with Gasteiger partial charge in [-0.3, -0.25) is 9.69 Å². The van der Waals surface area contributed by atoms with E-state index in [4.69, 9.17) is 0 Å². The Morgan fingerprint density at radius 3 is 2.35 bits per heavy atom. The summed E-state index contributed by atoms with van der Waals surface area (Å²) in [5.74, 6) is 3.52. The Hall–Kier alpha value is -1.18. The summed E-state index contributed by atoms with van der Waals surface area (Å²) >= 11 is 0. The molecule has 3 amide bonds. The number of rotatable bonds is 11. The number of carbonyl (C=O) groups excluding carboxylic acids is 2. The van der Waals surface area contributed by atoms with Crippen LogP contribution in [0.4, 0.5) is 4.79 Å². The molecule has 4 aliphatic carbocycles. The van der Waals surface area contributed by atoms with E-state index >= 15 is 0 Å². The van der Waals surface area contributed by atoms with Gasteiger partial charge in [0.2, 0.25) is 5.91 Å². The van der Waals surface area contributed by atoms with Crippen molar-refractivity contribution >= 4 is 11.9 Å². The van der Waals surface area contributed by atoms with Gasteiger partial charge in [0.25, 0.3) is 0 Å². The fourth-order valence-corrected chi connectivity index (χ4v) is 10.2. The maximum atomic E-state index is 13.9. The van der Waals surface area contributed by atoms with Crippen molar-refractivity contribution in [2.45, 2.75) is 97.9 Å². The molecule has 230 valence electrons. The summed E-state index contributed by atoms with van der Waals surface area (Å²) in [7, 11) is 6.12. The van der Waals surface area contributed by atoms with E-state index < -0.39 is 0 Å². The van der Waals surface area contributed by atoms with Crippen molar-refractivity contribution in [1.29, 1.82) is 0 Å². The first-order chi connectivity index (χ1) is 19.1. The lowest BCUT2D eigenvalue weighted by Crippen LogP contribution is -2.56. The maximum Gasteiger partial charge on any atom is 0.324 e. The number of nitrogens with one attached hydrogen (secondary N) is 3. The van der Waals surface area contributed by atoms with Crippen LogP contribution < -0.4 is 16.0 Å². The van der Waals surface area contributed by atoms with E-state index in [1.54, 1.807) is 0 Å². The Bertz CT molecular complexity index is 866. The van der Waals surface area contributed by atoms with Crippen LogP contribution in [-0.4, -0.2) is 81.6 Å². The first-order valence-electron chi connectivity index (χ1n) is 16.7. The molecular weight excluding hydrogens is 498 g/mol. The van der Waals surface area contributed by atoms with Crippen molar-refractivity contribution in [3.8, 4) is 0 Å². The third-order valence-electron chi connectivity index (χ3n) is 12.4. The minimum Gasteiger partial charge on any atom is -0.338 e. The summed E-state index contributed by atoms with van der Waals surface area (Å²) in [5, 5.41) is 10.0. The Balaban J connectivity index is 1.44. The molecule has 0 aromatic heterocycles. The zero-order valence-corrected chi connectivity index (χ0v) is 26.9. The molecule has 0 spiro atoms. The average Bonchev–Trinajstić information content (AvgIpc) is 3.27. The number of urea groups is 1. The zero-order chi connectivity index (χ0) is 29.1. The van der Waals surface area contributed by atoms with Gasteiger partial charge in [0.1, 0.15) is 0 Å². The van der Waals surface area contributed by atoms with Crippen LogP contribution in [0.2, 0.25) is 0 Å². The van der Waals surface area contributed by atoms with Crippen molar-refractivity contribution in [2.24, 2.45) is 46.3 Å². The quantitative estimate of drug-likeness (QED) is 0.312. The molecule has 0 aromatic carbocycles. The van der Waals surface area contributed by atoms with E-state index in [1.165, 1.54) is 56.3 Å². The minimum atomic E-state index is -0.219. The van der Waals surface area contributed by atoms with Gasteiger partial charge in [-0.2, -0.15) is 0 Å². The Labute approximate surface area is 245 Å². The lowest BCUT2D eigenvalue weighted by Gasteiger charge is -2.61. The second kappa shape index (κ2) is 13.4. The third kappa shape index (κ3) is 6.27. The van der Waals surface area contributed by atoms with Crippen molar-refractivity contribution in [1.82, 2.24) is 25.8 Å². The number of nitrogens with zero attached hydrogens (tertiary/aromatic N) is 2. The number of hydrogen-bond donors (Lipinski definition) is 3. The van der Waals surface area contributed by atoms with Crippen LogP contribution in [0.1, 0.15) is 91.9 Å². The normalized spacial score (nSPS) is 37.8. The maximum absolute atomic E-state index is 13.9. The first-order valence-corrected chi connectivity index (χ1v) is 16.7. The van der Waals surface area contributed by atoms with E-state index in [1.807, 2.05) is 28.1 Å². The average molecular weight is 560 g/mol. The van der Waals surface area contributed by atoms with Crippen LogP contribution >= 0.6 is 0 Å². The monoisotopic (exact) mass is 559 g/mol. The molecule has 0 aromatic rings. The first kappa shape index (κ1) is 31.7. The highest BCUT2D eigenvalue weighted by atomic mass is 16.2. The largest absolute Gasteiger partial charge is 0.338 e. The van der Waals surface area contributed by atoms with Crippen LogP contribution in [0.25, 0.3) is 0 Å². The molecule has 0 radical (unpaired) electrons. The molecule has 4 aliphatic rings. The molecule has 40 heavy (non-hydrogen) atoms. The predicted molar refractivity (Wildman–Crippen MR) is 164 cm³/mol. The van der Waals surface area contributed by atoms with Crippen molar-refractivity contribution < 1.29 is 9.59 Å². The summed E-state index contributed by atoms with van der Waals surface area (Å²) in [6.07, 6.45) is 12.6. The highest BCUT2D eigenvalue weighted by Crippen LogP contribution is 2.68. The highest BCUT2D eigenvalue weighted by molar-refractivity contribution is 5.95. The molecule has 4 fully saturated rings. The van der Waals surface area contributed by atoms with E-state index in [0.29, 0.717) is 30.5 Å². The number of hydrogen-bond acceptors (Lipinski definition) is 5. The van der Waals surface area contributed by atoms with E-state index in [0.717, 1.165) is 56.1 Å². The molecule has 9 atom stereocenters. The molecule has 3 N–H and O–H groups in total. The van der Waals surface area contributed by atoms with Gasteiger partial charge < -0.3 is 20.9 Å². The standard InChI is InChI=1S/C33H61N5O2/c1-8-35-31(40)38(21-9-20-37(6)7)30(39)23(2)27-12-13-28-26-11-10-24-22-25(36-19-18-34-5)14-16-32(24,3)29(26)15-17-33(27,28)4/h23-29,34,36H,8-22H2,1-7H3,(H,35,40)/t23?,24-,25?,26?,27+,28?,29?,32-,33+/m0/s1. The molecule has 5 unspecified atom stereocenters. The zero-order valence-electron chi connectivity index (χ0n) is 26.9. The summed E-state index contributed by atoms with van der Waals surface area (Å²) in [4.78, 5) is 30.6. The van der Waals surface area contributed by atoms with E-state index in [-0.39, 0.29) is 23.3 Å². The fraction of sp³-hybridized carbons (Fsp3) is 0.939. The van der Waals surface area contributed by atoms with Gasteiger partial charge in [0.05, 0.1) is 0 Å². The van der Waals surface area contributed by atoms with Gasteiger partial charge >= 0.3 is 6.03 Å². The molecule has 7 nitrogen and oxygen atoms in total. The number of amides is 3. The van der Waals surface area contributed by atoms with Gasteiger partial charge in [-0.1, -0.05) is 20.8 Å². The van der Waals surface area contributed by atoms with Crippen molar-refractivity contribution in [3.05, 3.63) is 0 Å². The minimum absolute atomic E-state index is 0.0402. The molecule has 4 saturated carbocycles. The SMILES string of the molecule is CCNC(=O)N(CCCN(C)C)C(=O)C(C)[C@H]1CCC2C3CC[C@H]4CC(NCCNC)CC[C@]4(C)C3CC[C@@]21C. The van der Waals surface area contributed by atoms with Crippen molar-refractivity contribution in [3.63, 3.8) is 0 Å². The Kier molecular flexibility index (Phi) is 10.6. The summed E-state index contributed by atoms with van der Waals surface area (Å²) in [6.45, 7) is 13.3. The number of imide groups is 1. The second-order valence-electron chi connectivity index (χ2n) is 14.7. The smallest absolute Gasteiger partial charge is 0.324 e. The van der Waals surface area contributed by atoms with E-state index in [2.05, 4.69) is 41.6 Å². The fourth-order valence-electron chi connectivity index (χ4n) is 10.2. The van der Waals surface area contributed by atoms with Crippen LogP contribution in [-0.2, 0) is 4.79 Å². The van der Waals surface area contributed by atoms with Crippen molar-refractivity contribution in [2.75, 3.05) is 53.9 Å². The lowest BCUT2D eigenvalue weighted by molar-refractivity contribution is -0.140. The Morgan fingerprint density at radius 1 is 0.925 bits per heavy atom. The predicted octanol–water partition coefficient (Wildman–Crippen LogP) is 4.97. The van der Waals surface area contributed by atoms with Crippen LogP contribution in [0.3, 0.4) is 0 Å². The highest BCUT2D eigenvalue weighted by Gasteiger charge is 2.61. The number of fused-ring (bicyclic) bond motifs is 5. The molecular formula is C33H61N5O2. The lowest BCUT2D eigenvalue weighted by atomic mass is 9.44. The Morgan fingerprint density at radius 2 is 1.65 bits per heavy atom. The third-order valence-corrected chi connectivity index (χ3v) is 12.4. The topological polar surface area (TPSA) is 76.7 Å². The number of likely N-dealkylation sites (N-methyl/N-ethyl adjacent to an activating group) is 1. The van der Waals surface area contributed by atoms with E-state index in [9.17, 15) is 9.59 Å². The van der Waals surface area contributed by atoms with Crippen LogP contribution in [0.15, 0.2) is 0 Å². The van der Waals surface area contributed by atoms with Gasteiger partial charge in [0.15, 0.2) is 0 Å². The molecule has 7 heteroatoms.